The van der Waals surface area contributed by atoms with Crippen LogP contribution in [0.25, 0.3) is 0 Å². The van der Waals surface area contributed by atoms with Gasteiger partial charge in [0.15, 0.2) is 0 Å². The lowest BCUT2D eigenvalue weighted by Crippen LogP contribution is -2.50. The summed E-state index contributed by atoms with van der Waals surface area (Å²) in [5.74, 6) is 0.613. The second-order valence-electron chi connectivity index (χ2n) is 6.27. The first-order valence-electron chi connectivity index (χ1n) is 7.08. The van der Waals surface area contributed by atoms with Crippen molar-refractivity contribution in [1.82, 2.24) is 0 Å². The van der Waals surface area contributed by atoms with Gasteiger partial charge in [-0.25, -0.2) is 0 Å². The Morgan fingerprint density at radius 1 is 1.42 bits per heavy atom. The van der Waals surface area contributed by atoms with Crippen LogP contribution in [0.3, 0.4) is 0 Å². The third kappa shape index (κ3) is 3.32. The molecule has 0 radical (unpaired) electrons. The van der Waals surface area contributed by atoms with E-state index in [0.717, 1.165) is 17.4 Å². The number of rotatable bonds is 3. The SMILES string of the molecule is Cc1cc(N2CC(CCO)CCC2(C)C)ccc1Br. The topological polar surface area (TPSA) is 23.5 Å². The van der Waals surface area contributed by atoms with Gasteiger partial charge >= 0.3 is 0 Å². The summed E-state index contributed by atoms with van der Waals surface area (Å²) in [5.41, 5.74) is 2.78. The Morgan fingerprint density at radius 2 is 2.16 bits per heavy atom. The summed E-state index contributed by atoms with van der Waals surface area (Å²) in [5, 5.41) is 9.16. The third-order valence-electron chi connectivity index (χ3n) is 4.33. The highest BCUT2D eigenvalue weighted by Crippen LogP contribution is 2.36. The van der Waals surface area contributed by atoms with Gasteiger partial charge in [0.1, 0.15) is 0 Å². The first-order chi connectivity index (χ1) is 8.94. The summed E-state index contributed by atoms with van der Waals surface area (Å²) >= 11 is 3.57. The lowest BCUT2D eigenvalue weighted by molar-refractivity contribution is 0.217. The number of halogens is 1. The number of aliphatic hydroxyl groups is 1. The van der Waals surface area contributed by atoms with Crippen molar-refractivity contribution in [3.8, 4) is 0 Å². The highest BCUT2D eigenvalue weighted by molar-refractivity contribution is 9.10. The standard InChI is InChI=1S/C16H24BrNO/c1-12-10-14(4-5-15(12)17)18-11-13(7-9-19)6-8-16(18,2)3/h4-5,10,13,19H,6-9,11H2,1-3H3. The van der Waals surface area contributed by atoms with E-state index in [1.165, 1.54) is 24.1 Å². The fraction of sp³-hybridized carbons (Fsp3) is 0.625. The van der Waals surface area contributed by atoms with Crippen LogP contribution in [-0.2, 0) is 0 Å². The summed E-state index contributed by atoms with van der Waals surface area (Å²) in [4.78, 5) is 2.51. The third-order valence-corrected chi connectivity index (χ3v) is 5.22. The van der Waals surface area contributed by atoms with Gasteiger partial charge in [-0.15, -0.1) is 0 Å². The van der Waals surface area contributed by atoms with Crippen molar-refractivity contribution in [3.05, 3.63) is 28.2 Å². The van der Waals surface area contributed by atoms with E-state index in [1.54, 1.807) is 0 Å². The van der Waals surface area contributed by atoms with Crippen molar-refractivity contribution in [3.63, 3.8) is 0 Å². The first-order valence-corrected chi connectivity index (χ1v) is 7.88. The molecule has 19 heavy (non-hydrogen) atoms. The number of anilines is 1. The Labute approximate surface area is 124 Å². The maximum Gasteiger partial charge on any atom is 0.0434 e. The molecule has 1 heterocycles. The number of hydrogen-bond acceptors (Lipinski definition) is 2. The van der Waals surface area contributed by atoms with E-state index < -0.39 is 0 Å². The van der Waals surface area contributed by atoms with Crippen molar-refractivity contribution in [2.75, 3.05) is 18.1 Å². The first kappa shape index (κ1) is 14.9. The molecule has 1 saturated heterocycles. The molecular formula is C16H24BrNO. The molecule has 0 spiro atoms. The van der Waals surface area contributed by atoms with E-state index in [-0.39, 0.29) is 5.54 Å². The summed E-state index contributed by atoms with van der Waals surface area (Å²) in [6.07, 6.45) is 3.33. The molecule has 0 saturated carbocycles. The Kier molecular flexibility index (Phi) is 4.57. The molecule has 0 amide bonds. The van der Waals surface area contributed by atoms with E-state index >= 15 is 0 Å². The molecule has 0 bridgehead atoms. The zero-order chi connectivity index (χ0) is 14.0. The molecule has 1 aromatic rings. The van der Waals surface area contributed by atoms with Gasteiger partial charge in [0.25, 0.3) is 0 Å². The van der Waals surface area contributed by atoms with Crippen LogP contribution >= 0.6 is 15.9 Å². The van der Waals surface area contributed by atoms with E-state index in [4.69, 9.17) is 5.11 Å². The van der Waals surface area contributed by atoms with Crippen molar-refractivity contribution in [2.45, 2.75) is 45.6 Å². The van der Waals surface area contributed by atoms with Crippen LogP contribution in [0.15, 0.2) is 22.7 Å². The smallest absolute Gasteiger partial charge is 0.0434 e. The minimum absolute atomic E-state index is 0.201. The zero-order valence-corrected chi connectivity index (χ0v) is 13.7. The van der Waals surface area contributed by atoms with E-state index in [0.29, 0.717) is 12.5 Å². The predicted octanol–water partition coefficient (Wildman–Crippen LogP) is 4.13. The minimum Gasteiger partial charge on any atom is -0.396 e. The van der Waals surface area contributed by atoms with Gasteiger partial charge in [0, 0.05) is 28.9 Å². The van der Waals surface area contributed by atoms with Crippen molar-refractivity contribution in [2.24, 2.45) is 5.92 Å². The van der Waals surface area contributed by atoms with Crippen molar-refractivity contribution < 1.29 is 5.11 Å². The van der Waals surface area contributed by atoms with Crippen LogP contribution in [-0.4, -0.2) is 23.8 Å². The lowest BCUT2D eigenvalue weighted by atomic mass is 9.83. The summed E-state index contributed by atoms with van der Waals surface area (Å²) in [6.45, 7) is 8.13. The second kappa shape index (κ2) is 5.84. The molecule has 0 aliphatic carbocycles. The Balaban J connectivity index is 2.25. The number of aryl methyl sites for hydroxylation is 1. The number of hydrogen-bond donors (Lipinski definition) is 1. The average molecular weight is 326 g/mol. The van der Waals surface area contributed by atoms with Gasteiger partial charge in [-0.05, 0) is 69.7 Å². The molecule has 1 atom stereocenters. The fourth-order valence-corrected chi connectivity index (χ4v) is 3.21. The number of aliphatic hydroxyl groups excluding tert-OH is 1. The number of piperidine rings is 1. The summed E-state index contributed by atoms with van der Waals surface area (Å²) in [6, 6.07) is 6.59. The Bertz CT molecular complexity index is 444. The maximum absolute atomic E-state index is 9.16. The second-order valence-corrected chi connectivity index (χ2v) is 7.13. The quantitative estimate of drug-likeness (QED) is 0.902. The van der Waals surface area contributed by atoms with Crippen molar-refractivity contribution >= 4 is 21.6 Å². The largest absolute Gasteiger partial charge is 0.396 e. The molecular weight excluding hydrogens is 302 g/mol. The van der Waals surface area contributed by atoms with Gasteiger partial charge < -0.3 is 10.0 Å². The molecule has 1 aliphatic rings. The highest BCUT2D eigenvalue weighted by Gasteiger charge is 2.34. The van der Waals surface area contributed by atoms with Crippen LogP contribution in [0.1, 0.15) is 38.7 Å². The van der Waals surface area contributed by atoms with Crippen LogP contribution < -0.4 is 4.90 Å². The van der Waals surface area contributed by atoms with Gasteiger partial charge in [-0.1, -0.05) is 15.9 Å². The Morgan fingerprint density at radius 3 is 2.79 bits per heavy atom. The molecule has 3 heteroatoms. The molecule has 2 rings (SSSR count). The van der Waals surface area contributed by atoms with E-state index in [1.807, 2.05) is 0 Å². The van der Waals surface area contributed by atoms with Gasteiger partial charge in [-0.2, -0.15) is 0 Å². The average Bonchev–Trinajstić information content (AvgIpc) is 2.35. The molecule has 1 unspecified atom stereocenters. The molecule has 1 aromatic carbocycles. The molecule has 1 fully saturated rings. The van der Waals surface area contributed by atoms with Crippen molar-refractivity contribution in [1.29, 1.82) is 0 Å². The summed E-state index contributed by atoms with van der Waals surface area (Å²) in [7, 11) is 0. The van der Waals surface area contributed by atoms with Gasteiger partial charge in [-0.3, -0.25) is 0 Å². The zero-order valence-electron chi connectivity index (χ0n) is 12.1. The monoisotopic (exact) mass is 325 g/mol. The molecule has 1 aliphatic heterocycles. The van der Waals surface area contributed by atoms with Crippen LogP contribution in [0.5, 0.6) is 0 Å². The fourth-order valence-electron chi connectivity index (χ4n) is 2.96. The Hall–Kier alpha value is -0.540. The van der Waals surface area contributed by atoms with E-state index in [9.17, 15) is 0 Å². The van der Waals surface area contributed by atoms with Crippen LogP contribution in [0.4, 0.5) is 5.69 Å². The molecule has 0 aromatic heterocycles. The molecule has 1 N–H and O–H groups in total. The predicted molar refractivity (Wildman–Crippen MR) is 84.7 cm³/mol. The molecule has 106 valence electrons. The number of nitrogens with zero attached hydrogens (tertiary/aromatic N) is 1. The normalized spacial score (nSPS) is 22.6. The maximum atomic E-state index is 9.16. The number of benzene rings is 1. The minimum atomic E-state index is 0.201. The lowest BCUT2D eigenvalue weighted by Gasteiger charge is -2.47. The van der Waals surface area contributed by atoms with Crippen LogP contribution in [0.2, 0.25) is 0 Å². The van der Waals surface area contributed by atoms with E-state index in [2.05, 4.69) is 59.8 Å². The van der Waals surface area contributed by atoms with Crippen LogP contribution in [0, 0.1) is 12.8 Å². The van der Waals surface area contributed by atoms with Gasteiger partial charge in [0.2, 0.25) is 0 Å². The molecule has 2 nitrogen and oxygen atoms in total. The summed E-state index contributed by atoms with van der Waals surface area (Å²) < 4.78 is 1.16. The van der Waals surface area contributed by atoms with Gasteiger partial charge in [0.05, 0.1) is 0 Å². The highest BCUT2D eigenvalue weighted by atomic mass is 79.9.